The van der Waals surface area contributed by atoms with E-state index in [-0.39, 0.29) is 18.1 Å². The van der Waals surface area contributed by atoms with Gasteiger partial charge in [-0.05, 0) is 19.4 Å². The Labute approximate surface area is 113 Å². The summed E-state index contributed by atoms with van der Waals surface area (Å²) in [6, 6.07) is 0. The quantitative estimate of drug-likeness (QED) is 0.297. The van der Waals surface area contributed by atoms with E-state index in [0.29, 0.717) is 24.8 Å². The molecule has 0 saturated carbocycles. The number of ether oxygens (including phenoxy) is 1. The largest absolute Gasteiger partial charge is 0.463 e. The van der Waals surface area contributed by atoms with Gasteiger partial charge < -0.3 is 10.1 Å². The highest BCUT2D eigenvalue weighted by atomic mass is 16.5. The second-order valence-corrected chi connectivity index (χ2v) is 3.57. The summed E-state index contributed by atoms with van der Waals surface area (Å²) in [5, 5.41) is 2.70. The predicted octanol–water partition coefficient (Wildman–Crippen LogP) is 1.66. The number of esters is 1. The summed E-state index contributed by atoms with van der Waals surface area (Å²) in [5.41, 5.74) is 0.434. The van der Waals surface area contributed by atoms with Crippen LogP contribution in [0.4, 0.5) is 0 Å². The SMILES string of the molecule is C=C/C(=C\C=O)N/C(=C/C(=O)OCC)C(=O)CCC. The van der Waals surface area contributed by atoms with Crippen LogP contribution in [0.25, 0.3) is 0 Å². The predicted molar refractivity (Wildman–Crippen MR) is 72.1 cm³/mol. The van der Waals surface area contributed by atoms with E-state index < -0.39 is 5.97 Å². The number of aldehydes is 1. The van der Waals surface area contributed by atoms with Crippen molar-refractivity contribution >= 4 is 18.0 Å². The molecular formula is C14H19NO4. The molecule has 5 heteroatoms. The number of hydrogen-bond donors (Lipinski definition) is 1. The monoisotopic (exact) mass is 265 g/mol. The van der Waals surface area contributed by atoms with Gasteiger partial charge in [0.15, 0.2) is 5.78 Å². The molecule has 0 radical (unpaired) electrons. The molecule has 0 aliphatic heterocycles. The Morgan fingerprint density at radius 2 is 2.00 bits per heavy atom. The van der Waals surface area contributed by atoms with Gasteiger partial charge in [-0.2, -0.15) is 0 Å². The topological polar surface area (TPSA) is 72.5 Å². The number of allylic oxidation sites excluding steroid dienone is 3. The van der Waals surface area contributed by atoms with E-state index in [2.05, 4.69) is 11.9 Å². The number of Topliss-reactive ketones (excluding diaryl/α,β-unsaturated/α-hetero) is 1. The molecule has 0 aromatic rings. The Morgan fingerprint density at radius 3 is 2.47 bits per heavy atom. The Balaban J connectivity index is 5.11. The minimum Gasteiger partial charge on any atom is -0.463 e. The first-order valence-electron chi connectivity index (χ1n) is 6.05. The van der Waals surface area contributed by atoms with Crippen LogP contribution in [0.5, 0.6) is 0 Å². The lowest BCUT2D eigenvalue weighted by Crippen LogP contribution is -2.21. The normalized spacial score (nSPS) is 11.7. The number of hydrogen-bond acceptors (Lipinski definition) is 5. The molecule has 0 bridgehead atoms. The van der Waals surface area contributed by atoms with Crippen molar-refractivity contribution in [3.8, 4) is 0 Å². The molecule has 0 aromatic carbocycles. The van der Waals surface area contributed by atoms with Crippen LogP contribution >= 0.6 is 0 Å². The van der Waals surface area contributed by atoms with Crippen LogP contribution in [0, 0.1) is 0 Å². The van der Waals surface area contributed by atoms with Crippen molar-refractivity contribution < 1.29 is 19.1 Å². The summed E-state index contributed by atoms with van der Waals surface area (Å²) in [6.07, 6.45) is 5.20. The maximum Gasteiger partial charge on any atom is 0.332 e. The molecule has 0 fully saturated rings. The fourth-order valence-electron chi connectivity index (χ4n) is 1.24. The van der Waals surface area contributed by atoms with Crippen molar-refractivity contribution in [2.24, 2.45) is 0 Å². The van der Waals surface area contributed by atoms with Gasteiger partial charge in [0, 0.05) is 18.2 Å². The van der Waals surface area contributed by atoms with Crippen LogP contribution in [0.3, 0.4) is 0 Å². The second-order valence-electron chi connectivity index (χ2n) is 3.57. The molecular weight excluding hydrogens is 246 g/mol. The molecule has 0 saturated heterocycles. The Kier molecular flexibility index (Phi) is 8.70. The number of carbonyl (C=O) groups excluding carboxylic acids is 3. The number of nitrogens with one attached hydrogen (secondary N) is 1. The standard InChI is InChI=1S/C14H19NO4/c1-4-7-13(17)12(10-14(18)19-6-3)15-11(5-2)8-9-16/h5,8-10,15H,2,4,6-7H2,1,3H3/b11-8+,12-10+. The van der Waals surface area contributed by atoms with Crippen LogP contribution in [0.15, 0.2) is 36.2 Å². The number of rotatable bonds is 9. The molecule has 19 heavy (non-hydrogen) atoms. The second kappa shape index (κ2) is 9.82. The van der Waals surface area contributed by atoms with Gasteiger partial charge in [-0.25, -0.2) is 4.79 Å². The third-order valence-electron chi connectivity index (χ3n) is 2.07. The first-order valence-corrected chi connectivity index (χ1v) is 6.05. The first kappa shape index (κ1) is 16.8. The zero-order chi connectivity index (χ0) is 14.7. The molecule has 0 aliphatic rings. The molecule has 0 aliphatic carbocycles. The van der Waals surface area contributed by atoms with Crippen LogP contribution in [0.1, 0.15) is 26.7 Å². The van der Waals surface area contributed by atoms with Gasteiger partial charge in [0.2, 0.25) is 0 Å². The van der Waals surface area contributed by atoms with Gasteiger partial charge >= 0.3 is 5.97 Å². The molecule has 1 N–H and O–H groups in total. The van der Waals surface area contributed by atoms with Gasteiger partial charge in [0.05, 0.1) is 18.4 Å². The lowest BCUT2D eigenvalue weighted by atomic mass is 10.1. The molecule has 0 atom stereocenters. The third kappa shape index (κ3) is 6.98. The molecule has 0 rings (SSSR count). The maximum atomic E-state index is 11.9. The van der Waals surface area contributed by atoms with E-state index in [1.54, 1.807) is 6.92 Å². The van der Waals surface area contributed by atoms with Crippen molar-refractivity contribution in [2.75, 3.05) is 6.61 Å². The highest BCUT2D eigenvalue weighted by molar-refractivity contribution is 6.00. The highest BCUT2D eigenvalue weighted by Crippen LogP contribution is 2.04. The van der Waals surface area contributed by atoms with E-state index in [9.17, 15) is 14.4 Å². The summed E-state index contributed by atoms with van der Waals surface area (Å²) in [7, 11) is 0. The zero-order valence-electron chi connectivity index (χ0n) is 11.3. The average Bonchev–Trinajstić information content (AvgIpc) is 2.37. The average molecular weight is 265 g/mol. The van der Waals surface area contributed by atoms with E-state index in [4.69, 9.17) is 4.74 Å². The van der Waals surface area contributed by atoms with Crippen molar-refractivity contribution in [1.29, 1.82) is 0 Å². The summed E-state index contributed by atoms with van der Waals surface area (Å²) in [4.78, 5) is 33.7. The van der Waals surface area contributed by atoms with E-state index in [0.717, 1.165) is 6.08 Å². The summed E-state index contributed by atoms with van der Waals surface area (Å²) >= 11 is 0. The van der Waals surface area contributed by atoms with E-state index in [1.165, 1.54) is 12.2 Å². The zero-order valence-corrected chi connectivity index (χ0v) is 11.3. The van der Waals surface area contributed by atoms with Crippen LogP contribution < -0.4 is 5.32 Å². The van der Waals surface area contributed by atoms with Gasteiger partial charge in [-0.3, -0.25) is 9.59 Å². The minimum absolute atomic E-state index is 0.0910. The molecule has 104 valence electrons. The van der Waals surface area contributed by atoms with E-state index >= 15 is 0 Å². The number of ketones is 1. The van der Waals surface area contributed by atoms with Gasteiger partial charge in [0.1, 0.15) is 6.29 Å². The molecule has 0 heterocycles. The van der Waals surface area contributed by atoms with Crippen molar-refractivity contribution in [3.05, 3.63) is 36.2 Å². The molecule has 0 unspecified atom stereocenters. The highest BCUT2D eigenvalue weighted by Gasteiger charge is 2.12. The van der Waals surface area contributed by atoms with Crippen LogP contribution in [-0.2, 0) is 19.1 Å². The van der Waals surface area contributed by atoms with Crippen molar-refractivity contribution in [2.45, 2.75) is 26.7 Å². The fraction of sp³-hybridized carbons (Fsp3) is 0.357. The number of carbonyl (C=O) groups is 3. The smallest absolute Gasteiger partial charge is 0.332 e. The summed E-state index contributed by atoms with van der Waals surface area (Å²) in [5.74, 6) is -0.835. The minimum atomic E-state index is -0.607. The molecule has 0 aromatic heterocycles. The third-order valence-corrected chi connectivity index (χ3v) is 2.07. The van der Waals surface area contributed by atoms with Gasteiger partial charge in [0.25, 0.3) is 0 Å². The Bertz CT molecular complexity index is 408. The van der Waals surface area contributed by atoms with E-state index in [1.807, 2.05) is 6.92 Å². The van der Waals surface area contributed by atoms with Crippen molar-refractivity contribution in [3.63, 3.8) is 0 Å². The lowest BCUT2D eigenvalue weighted by Gasteiger charge is -2.10. The van der Waals surface area contributed by atoms with Gasteiger partial charge in [-0.15, -0.1) is 0 Å². The molecule has 0 spiro atoms. The summed E-state index contributed by atoms with van der Waals surface area (Å²) < 4.78 is 4.75. The molecule has 5 nitrogen and oxygen atoms in total. The fourth-order valence-corrected chi connectivity index (χ4v) is 1.24. The summed E-state index contributed by atoms with van der Waals surface area (Å²) in [6.45, 7) is 7.27. The first-order chi connectivity index (χ1) is 9.08. The Morgan fingerprint density at radius 1 is 1.32 bits per heavy atom. The maximum absolute atomic E-state index is 11.9. The van der Waals surface area contributed by atoms with Crippen molar-refractivity contribution in [1.82, 2.24) is 5.32 Å². The molecule has 0 amide bonds. The van der Waals surface area contributed by atoms with Crippen LogP contribution in [0.2, 0.25) is 0 Å². The Hall–Kier alpha value is -2.17. The van der Waals surface area contributed by atoms with Gasteiger partial charge in [-0.1, -0.05) is 13.5 Å². The van der Waals surface area contributed by atoms with Crippen LogP contribution in [-0.4, -0.2) is 24.6 Å². The lowest BCUT2D eigenvalue weighted by molar-refractivity contribution is -0.137.